The average Bonchev–Trinajstić information content (AvgIpc) is 3.03. The SMILES string of the molecule is COc1cc(-c2cc(S(=O)(=O)O)ccc2Oc2ccccc2)c(S(=O)(=O)O)c(-c2cc(OS(=O)(=O)c3ccc(C)cc3)ccc2S(=O)(=O)O)c1. The molecule has 14 nitrogen and oxygen atoms in total. The van der Waals surface area contributed by atoms with E-state index in [1.807, 2.05) is 0 Å². The minimum Gasteiger partial charge on any atom is -0.497 e. The summed E-state index contributed by atoms with van der Waals surface area (Å²) in [5, 5.41) is 0. The monoisotopic (exact) mass is 762 g/mol. The average molecular weight is 763 g/mol. The van der Waals surface area contributed by atoms with Gasteiger partial charge in [-0.1, -0.05) is 35.9 Å². The van der Waals surface area contributed by atoms with Crippen molar-refractivity contribution in [1.82, 2.24) is 0 Å². The van der Waals surface area contributed by atoms with Crippen LogP contribution < -0.4 is 13.7 Å². The summed E-state index contributed by atoms with van der Waals surface area (Å²) in [5.74, 6) is -0.701. The number of hydrogen-bond acceptors (Lipinski definition) is 11. The van der Waals surface area contributed by atoms with Gasteiger partial charge < -0.3 is 13.7 Å². The number of para-hydroxylation sites is 1. The maximum Gasteiger partial charge on any atom is 0.339 e. The maximum atomic E-state index is 13.2. The number of rotatable bonds is 11. The van der Waals surface area contributed by atoms with Gasteiger partial charge in [0.2, 0.25) is 0 Å². The van der Waals surface area contributed by atoms with Gasteiger partial charge in [0, 0.05) is 22.3 Å². The summed E-state index contributed by atoms with van der Waals surface area (Å²) in [6, 6.07) is 20.9. The van der Waals surface area contributed by atoms with Crippen LogP contribution in [0.15, 0.2) is 123 Å². The van der Waals surface area contributed by atoms with Gasteiger partial charge >= 0.3 is 10.1 Å². The van der Waals surface area contributed by atoms with Crippen LogP contribution in [0.1, 0.15) is 5.56 Å². The van der Waals surface area contributed by atoms with Crippen LogP contribution >= 0.6 is 0 Å². The number of benzene rings is 5. The molecular formula is C32H26O14S4. The first-order chi connectivity index (χ1) is 23.3. The first kappa shape index (κ1) is 36.5. The first-order valence-corrected chi connectivity index (χ1v) is 19.7. The smallest absolute Gasteiger partial charge is 0.339 e. The lowest BCUT2D eigenvalue weighted by Crippen LogP contribution is -2.11. The zero-order valence-corrected chi connectivity index (χ0v) is 29.0. The van der Waals surface area contributed by atoms with E-state index in [-0.39, 0.29) is 27.7 Å². The molecule has 0 aliphatic heterocycles. The van der Waals surface area contributed by atoms with Gasteiger partial charge in [-0.2, -0.15) is 33.7 Å². The largest absolute Gasteiger partial charge is 0.497 e. The summed E-state index contributed by atoms with van der Waals surface area (Å²) in [5.41, 5.74) is -1.45. The Balaban J connectivity index is 1.85. The molecule has 0 saturated carbocycles. The third kappa shape index (κ3) is 7.97. The van der Waals surface area contributed by atoms with Crippen molar-refractivity contribution in [3.8, 4) is 45.3 Å². The highest BCUT2D eigenvalue weighted by Crippen LogP contribution is 2.46. The molecule has 262 valence electrons. The van der Waals surface area contributed by atoms with Crippen LogP contribution in [0.4, 0.5) is 0 Å². The fraction of sp³-hybridized carbons (Fsp3) is 0.0625. The fourth-order valence-electron chi connectivity index (χ4n) is 4.86. The molecule has 0 unspecified atom stereocenters. The molecule has 50 heavy (non-hydrogen) atoms. The quantitative estimate of drug-likeness (QED) is 0.109. The molecule has 0 fully saturated rings. The Labute approximate surface area is 287 Å². The molecule has 5 aromatic carbocycles. The van der Waals surface area contributed by atoms with Crippen molar-refractivity contribution in [1.29, 1.82) is 0 Å². The standard InChI is InChI=1S/C32H26O14S4/c1-20-8-11-24(12-9-20)50(42,43)46-22-10-15-31(48(36,37)38)27(16-22)29-18-23(44-2)17-28(32(29)49(39,40)41)26-19-25(47(33,34)35)13-14-30(26)45-21-6-4-3-5-7-21/h3-19H,1-2H3,(H,33,34,35)(H,36,37,38)(H,39,40,41). The Morgan fingerprint density at radius 3 is 1.66 bits per heavy atom. The van der Waals surface area contributed by atoms with E-state index < -0.39 is 77.6 Å². The molecule has 0 saturated heterocycles. The van der Waals surface area contributed by atoms with E-state index in [2.05, 4.69) is 0 Å². The molecule has 5 rings (SSSR count). The number of ether oxygens (including phenoxy) is 2. The third-order valence-corrected chi connectivity index (χ3v) is 11.1. The van der Waals surface area contributed by atoms with Crippen LogP contribution in [0.25, 0.3) is 22.3 Å². The van der Waals surface area contributed by atoms with Gasteiger partial charge in [0.15, 0.2) is 0 Å². The molecule has 0 amide bonds. The van der Waals surface area contributed by atoms with Gasteiger partial charge in [-0.25, -0.2) is 0 Å². The van der Waals surface area contributed by atoms with Crippen molar-refractivity contribution in [2.24, 2.45) is 0 Å². The van der Waals surface area contributed by atoms with Crippen LogP contribution in [0.3, 0.4) is 0 Å². The molecule has 0 atom stereocenters. The van der Waals surface area contributed by atoms with Crippen LogP contribution in [0, 0.1) is 6.92 Å². The van der Waals surface area contributed by atoms with Crippen molar-refractivity contribution < 1.29 is 61.0 Å². The summed E-state index contributed by atoms with van der Waals surface area (Å²) >= 11 is 0. The molecule has 0 bridgehead atoms. The van der Waals surface area contributed by atoms with E-state index in [1.165, 1.54) is 36.4 Å². The van der Waals surface area contributed by atoms with Crippen molar-refractivity contribution in [2.75, 3.05) is 7.11 Å². The lowest BCUT2D eigenvalue weighted by atomic mass is 9.97. The molecule has 0 aromatic heterocycles. The predicted octanol–water partition coefficient (Wildman–Crippen LogP) is 5.64. The summed E-state index contributed by atoms with van der Waals surface area (Å²) in [6.45, 7) is 1.72. The van der Waals surface area contributed by atoms with E-state index >= 15 is 0 Å². The Morgan fingerprint density at radius 2 is 1.10 bits per heavy atom. The molecule has 5 aromatic rings. The van der Waals surface area contributed by atoms with Crippen molar-refractivity contribution >= 4 is 40.5 Å². The molecule has 0 radical (unpaired) electrons. The predicted molar refractivity (Wildman–Crippen MR) is 179 cm³/mol. The van der Waals surface area contributed by atoms with E-state index in [9.17, 15) is 47.3 Å². The minimum absolute atomic E-state index is 0.190. The highest BCUT2D eigenvalue weighted by Gasteiger charge is 2.31. The Kier molecular flexibility index (Phi) is 9.83. The Bertz CT molecular complexity index is 2550. The second-order valence-electron chi connectivity index (χ2n) is 10.6. The Morgan fingerprint density at radius 1 is 0.520 bits per heavy atom. The summed E-state index contributed by atoms with van der Waals surface area (Å²) in [4.78, 5) is -2.97. The van der Waals surface area contributed by atoms with Gasteiger partial charge in [0.05, 0.1) is 12.0 Å². The van der Waals surface area contributed by atoms with Crippen LogP contribution in [0.5, 0.6) is 23.0 Å². The van der Waals surface area contributed by atoms with E-state index in [0.29, 0.717) is 0 Å². The lowest BCUT2D eigenvalue weighted by molar-refractivity contribution is 0.414. The summed E-state index contributed by atoms with van der Waals surface area (Å²) in [6.07, 6.45) is 0. The maximum absolute atomic E-state index is 13.2. The molecule has 3 N–H and O–H groups in total. The van der Waals surface area contributed by atoms with Crippen molar-refractivity contribution in [3.63, 3.8) is 0 Å². The number of hydrogen-bond donors (Lipinski definition) is 3. The molecule has 0 aliphatic carbocycles. The molecule has 0 aliphatic rings. The first-order valence-electron chi connectivity index (χ1n) is 14.0. The van der Waals surface area contributed by atoms with Crippen molar-refractivity contribution in [2.45, 2.75) is 26.5 Å². The molecule has 18 heteroatoms. The number of methoxy groups -OCH3 is 1. The zero-order chi connectivity index (χ0) is 36.6. The van der Waals surface area contributed by atoms with Gasteiger partial charge in [0.25, 0.3) is 30.4 Å². The Hall–Kier alpha value is -4.82. The summed E-state index contributed by atoms with van der Waals surface area (Å²) in [7, 11) is -18.9. The van der Waals surface area contributed by atoms with Crippen molar-refractivity contribution in [3.05, 3.63) is 109 Å². The van der Waals surface area contributed by atoms with Gasteiger partial charge in [-0.05, 0) is 79.7 Å². The second-order valence-corrected chi connectivity index (χ2v) is 16.3. The minimum atomic E-state index is -5.44. The van der Waals surface area contributed by atoms with E-state index in [4.69, 9.17) is 13.7 Å². The van der Waals surface area contributed by atoms with Gasteiger partial charge in [-0.3, -0.25) is 13.7 Å². The second kappa shape index (κ2) is 13.5. The molecule has 0 heterocycles. The third-order valence-electron chi connectivity index (χ3n) is 7.10. The highest BCUT2D eigenvalue weighted by molar-refractivity contribution is 7.87. The topological polar surface area (TPSA) is 225 Å². The number of aryl methyl sites for hydroxylation is 1. The van der Waals surface area contributed by atoms with E-state index in [1.54, 1.807) is 25.1 Å². The summed E-state index contributed by atoms with van der Waals surface area (Å²) < 4.78 is 149. The van der Waals surface area contributed by atoms with Gasteiger partial charge in [-0.15, -0.1) is 0 Å². The normalized spacial score (nSPS) is 12.3. The van der Waals surface area contributed by atoms with Gasteiger partial charge in [0.1, 0.15) is 37.7 Å². The van der Waals surface area contributed by atoms with E-state index in [0.717, 1.165) is 61.2 Å². The lowest BCUT2D eigenvalue weighted by Gasteiger charge is -2.20. The van der Waals surface area contributed by atoms with Crippen LogP contribution in [-0.2, 0) is 40.5 Å². The van der Waals surface area contributed by atoms with Crippen LogP contribution in [-0.4, -0.2) is 54.4 Å². The molecule has 0 spiro atoms. The fourth-order valence-corrected chi connectivity index (χ4v) is 7.87. The highest BCUT2D eigenvalue weighted by atomic mass is 32.2. The van der Waals surface area contributed by atoms with Crippen LogP contribution in [0.2, 0.25) is 0 Å². The zero-order valence-electron chi connectivity index (χ0n) is 25.8. The molecular weight excluding hydrogens is 737 g/mol.